The number of nitrogens with one attached hydrogen (secondary N) is 1. The highest BCUT2D eigenvalue weighted by Gasteiger charge is 2.40. The van der Waals surface area contributed by atoms with Crippen molar-refractivity contribution in [2.75, 3.05) is 0 Å². The highest BCUT2D eigenvalue weighted by Crippen LogP contribution is 2.44. The summed E-state index contributed by atoms with van der Waals surface area (Å²) in [6.07, 6.45) is 0.331. The van der Waals surface area contributed by atoms with E-state index in [4.69, 9.17) is 16.3 Å². The lowest BCUT2D eigenvalue weighted by molar-refractivity contribution is -0.128. The lowest BCUT2D eigenvalue weighted by Gasteiger charge is -2.43. The Morgan fingerprint density at radius 3 is 2.48 bits per heavy atom. The van der Waals surface area contributed by atoms with Crippen LogP contribution in [0.2, 0.25) is 5.02 Å². The molecule has 3 rings (SSSR count). The molecular weight excluding hydrogens is 372 g/mol. The SMILES string of the molecule is CCC(=O)N[C@]1(C)C[C@@H](c2ccc(F)cc2)O[C@@H](c2ccc(Cl)cc2F)C1. The lowest BCUT2D eigenvalue weighted by Crippen LogP contribution is -2.50. The van der Waals surface area contributed by atoms with Gasteiger partial charge in [-0.2, -0.15) is 0 Å². The van der Waals surface area contributed by atoms with Crippen LogP contribution in [0.3, 0.4) is 0 Å². The Kier molecular flexibility index (Phi) is 5.82. The van der Waals surface area contributed by atoms with Gasteiger partial charge in [0, 0.05) is 35.4 Å². The van der Waals surface area contributed by atoms with E-state index in [1.54, 1.807) is 31.2 Å². The molecule has 1 aliphatic heterocycles. The largest absolute Gasteiger partial charge is 0.365 e. The van der Waals surface area contributed by atoms with E-state index in [0.717, 1.165) is 5.56 Å². The summed E-state index contributed by atoms with van der Waals surface area (Å²) in [5.74, 6) is -0.860. The molecule has 1 amide bonds. The van der Waals surface area contributed by atoms with E-state index >= 15 is 0 Å². The van der Waals surface area contributed by atoms with E-state index in [0.29, 0.717) is 29.8 Å². The van der Waals surface area contributed by atoms with Gasteiger partial charge in [0.05, 0.1) is 12.2 Å². The maximum Gasteiger partial charge on any atom is 0.220 e. The number of hydrogen-bond donors (Lipinski definition) is 1. The third kappa shape index (κ3) is 4.66. The molecule has 0 bridgehead atoms. The van der Waals surface area contributed by atoms with Crippen LogP contribution in [0, 0.1) is 11.6 Å². The van der Waals surface area contributed by atoms with Gasteiger partial charge >= 0.3 is 0 Å². The first-order valence-electron chi connectivity index (χ1n) is 8.96. The van der Waals surface area contributed by atoms with Crippen LogP contribution < -0.4 is 5.32 Å². The number of ether oxygens (including phenoxy) is 1. The van der Waals surface area contributed by atoms with Gasteiger partial charge in [0.1, 0.15) is 11.6 Å². The highest BCUT2D eigenvalue weighted by molar-refractivity contribution is 6.30. The molecule has 1 aliphatic rings. The lowest BCUT2D eigenvalue weighted by atomic mass is 9.81. The third-order valence-electron chi connectivity index (χ3n) is 4.91. The van der Waals surface area contributed by atoms with Gasteiger partial charge in [-0.1, -0.05) is 36.7 Å². The van der Waals surface area contributed by atoms with Crippen LogP contribution in [0.4, 0.5) is 8.78 Å². The second kappa shape index (κ2) is 7.95. The summed E-state index contributed by atoms with van der Waals surface area (Å²) in [4.78, 5) is 12.0. The Labute approximate surface area is 162 Å². The van der Waals surface area contributed by atoms with Crippen molar-refractivity contribution in [1.29, 1.82) is 0 Å². The summed E-state index contributed by atoms with van der Waals surface area (Å²) in [6, 6.07) is 10.5. The van der Waals surface area contributed by atoms with Crippen molar-refractivity contribution in [1.82, 2.24) is 5.32 Å². The molecule has 0 spiro atoms. The van der Waals surface area contributed by atoms with Crippen molar-refractivity contribution in [3.05, 3.63) is 70.2 Å². The molecule has 2 aromatic carbocycles. The van der Waals surface area contributed by atoms with E-state index < -0.39 is 23.6 Å². The predicted octanol–water partition coefficient (Wildman–Crippen LogP) is 5.50. The monoisotopic (exact) mass is 393 g/mol. The Balaban J connectivity index is 1.95. The zero-order valence-electron chi connectivity index (χ0n) is 15.3. The van der Waals surface area contributed by atoms with Gasteiger partial charge in [0.25, 0.3) is 0 Å². The fraction of sp³-hybridized carbons (Fsp3) is 0.381. The predicted molar refractivity (Wildman–Crippen MR) is 100 cm³/mol. The first-order chi connectivity index (χ1) is 12.8. The summed E-state index contributed by atoms with van der Waals surface area (Å²) in [5.41, 5.74) is 0.594. The van der Waals surface area contributed by atoms with Crippen LogP contribution in [0.15, 0.2) is 42.5 Å². The van der Waals surface area contributed by atoms with Gasteiger partial charge in [0.2, 0.25) is 5.91 Å². The van der Waals surface area contributed by atoms with Crippen molar-refractivity contribution in [3.63, 3.8) is 0 Å². The van der Waals surface area contributed by atoms with Crippen LogP contribution in [-0.2, 0) is 9.53 Å². The summed E-state index contributed by atoms with van der Waals surface area (Å²) >= 11 is 5.87. The van der Waals surface area contributed by atoms with Crippen molar-refractivity contribution < 1.29 is 18.3 Å². The van der Waals surface area contributed by atoms with Crippen LogP contribution in [0.1, 0.15) is 56.4 Å². The first kappa shape index (κ1) is 19.8. The smallest absolute Gasteiger partial charge is 0.220 e. The Hall–Kier alpha value is -1.98. The second-order valence-corrected chi connectivity index (χ2v) is 7.64. The van der Waals surface area contributed by atoms with Crippen LogP contribution in [-0.4, -0.2) is 11.4 Å². The van der Waals surface area contributed by atoms with Gasteiger partial charge in [-0.15, -0.1) is 0 Å². The summed E-state index contributed by atoms with van der Waals surface area (Å²) in [6.45, 7) is 3.71. The number of carbonyl (C=O) groups excluding carboxylic acids is 1. The van der Waals surface area contributed by atoms with Gasteiger partial charge in [-0.3, -0.25) is 4.79 Å². The van der Waals surface area contributed by atoms with Gasteiger partial charge in [0.15, 0.2) is 0 Å². The molecule has 0 aromatic heterocycles. The molecule has 1 N–H and O–H groups in total. The number of hydrogen-bond acceptors (Lipinski definition) is 2. The van der Waals surface area contributed by atoms with Gasteiger partial charge < -0.3 is 10.1 Å². The fourth-order valence-electron chi connectivity index (χ4n) is 3.54. The quantitative estimate of drug-likeness (QED) is 0.745. The van der Waals surface area contributed by atoms with E-state index in [2.05, 4.69) is 5.32 Å². The summed E-state index contributed by atoms with van der Waals surface area (Å²) < 4.78 is 34.0. The maximum absolute atomic E-state index is 14.5. The van der Waals surface area contributed by atoms with Gasteiger partial charge in [-0.05, 0) is 36.8 Å². The fourth-order valence-corrected chi connectivity index (χ4v) is 3.70. The van der Waals surface area contributed by atoms with Crippen LogP contribution in [0.5, 0.6) is 0 Å². The molecule has 3 atom stereocenters. The maximum atomic E-state index is 14.5. The van der Waals surface area contributed by atoms with E-state index in [1.165, 1.54) is 18.2 Å². The zero-order valence-corrected chi connectivity index (χ0v) is 16.0. The van der Waals surface area contributed by atoms with Gasteiger partial charge in [-0.25, -0.2) is 8.78 Å². The third-order valence-corrected chi connectivity index (χ3v) is 5.15. The first-order valence-corrected chi connectivity index (χ1v) is 9.34. The standard InChI is InChI=1S/C21H22ClF2NO2/c1-3-20(26)25-21(2)11-18(13-4-7-15(23)8-5-13)27-19(12-21)16-9-6-14(22)10-17(16)24/h4-10,18-19H,3,11-12H2,1-2H3,(H,25,26)/t18-,19+,21+/m0/s1. The molecule has 1 saturated heterocycles. The summed E-state index contributed by atoms with van der Waals surface area (Å²) in [7, 11) is 0. The van der Waals surface area contributed by atoms with Crippen molar-refractivity contribution in [3.8, 4) is 0 Å². The van der Waals surface area contributed by atoms with Crippen molar-refractivity contribution in [2.24, 2.45) is 0 Å². The topological polar surface area (TPSA) is 38.3 Å². The summed E-state index contributed by atoms with van der Waals surface area (Å²) in [5, 5.41) is 3.35. The molecular formula is C21H22ClF2NO2. The number of amides is 1. The minimum Gasteiger partial charge on any atom is -0.365 e. The number of halogens is 3. The molecule has 144 valence electrons. The molecule has 0 saturated carbocycles. The molecule has 3 nitrogen and oxygen atoms in total. The Morgan fingerprint density at radius 2 is 1.85 bits per heavy atom. The molecule has 0 unspecified atom stereocenters. The average molecular weight is 394 g/mol. The number of rotatable bonds is 4. The van der Waals surface area contributed by atoms with E-state index in [1.807, 2.05) is 6.92 Å². The molecule has 1 fully saturated rings. The van der Waals surface area contributed by atoms with Crippen molar-refractivity contribution in [2.45, 2.75) is 50.9 Å². The normalized spacial score (nSPS) is 25.2. The van der Waals surface area contributed by atoms with Crippen LogP contribution >= 0.6 is 11.6 Å². The molecule has 0 radical (unpaired) electrons. The average Bonchev–Trinajstić information content (AvgIpc) is 2.61. The number of benzene rings is 2. The highest BCUT2D eigenvalue weighted by atomic mass is 35.5. The molecule has 0 aliphatic carbocycles. The minimum atomic E-state index is -0.582. The zero-order chi connectivity index (χ0) is 19.6. The number of carbonyl (C=O) groups is 1. The minimum absolute atomic E-state index is 0.0763. The van der Waals surface area contributed by atoms with Crippen LogP contribution in [0.25, 0.3) is 0 Å². The second-order valence-electron chi connectivity index (χ2n) is 7.20. The van der Waals surface area contributed by atoms with E-state index in [9.17, 15) is 13.6 Å². The molecule has 27 heavy (non-hydrogen) atoms. The molecule has 2 aromatic rings. The van der Waals surface area contributed by atoms with Crippen molar-refractivity contribution >= 4 is 17.5 Å². The Bertz CT molecular complexity index is 827. The molecule has 6 heteroatoms. The van der Waals surface area contributed by atoms with E-state index in [-0.39, 0.29) is 11.7 Å². The Morgan fingerprint density at radius 1 is 1.19 bits per heavy atom. The molecule has 1 heterocycles.